The van der Waals surface area contributed by atoms with Crippen LogP contribution in [0.25, 0.3) is 33.2 Å². The van der Waals surface area contributed by atoms with Crippen LogP contribution in [0.5, 0.6) is 0 Å². The van der Waals surface area contributed by atoms with Crippen molar-refractivity contribution in [1.82, 2.24) is 15.0 Å². The van der Waals surface area contributed by atoms with Gasteiger partial charge in [-0.05, 0) is 37.1 Å². The third-order valence-corrected chi connectivity index (χ3v) is 5.78. The van der Waals surface area contributed by atoms with Crippen LogP contribution in [0.4, 0.5) is 5.69 Å². The number of nitrogens with zero attached hydrogens (tertiary/aromatic N) is 3. The van der Waals surface area contributed by atoms with E-state index in [1.165, 1.54) is 12.6 Å². The van der Waals surface area contributed by atoms with E-state index in [-0.39, 0.29) is 11.6 Å². The second-order valence-electron chi connectivity index (χ2n) is 7.81. The largest absolute Gasteiger partial charge is 0.478 e. The van der Waals surface area contributed by atoms with Gasteiger partial charge in [0.25, 0.3) is 0 Å². The standard InChI is InChI=1S/C24H22N4O2/c29-24(30)18-14-26-21-11-10-20(16-12-15-6-4-5-9-19(15)25-13-16)28-23(21)22(18)27-17-7-2-1-3-8-17/h4-6,9-14,17H,1-3,7-8H2,(H,26,27)(H,29,30). The summed E-state index contributed by atoms with van der Waals surface area (Å²) in [4.78, 5) is 25.6. The van der Waals surface area contributed by atoms with Gasteiger partial charge in [0.2, 0.25) is 0 Å². The summed E-state index contributed by atoms with van der Waals surface area (Å²) in [6, 6.07) is 14.1. The van der Waals surface area contributed by atoms with Gasteiger partial charge in [-0.1, -0.05) is 37.5 Å². The van der Waals surface area contributed by atoms with Crippen LogP contribution >= 0.6 is 0 Å². The molecule has 0 unspecified atom stereocenters. The molecular formula is C24H22N4O2. The van der Waals surface area contributed by atoms with Crippen LogP contribution in [0, 0.1) is 0 Å². The Morgan fingerprint density at radius 2 is 1.77 bits per heavy atom. The van der Waals surface area contributed by atoms with Crippen LogP contribution < -0.4 is 5.32 Å². The van der Waals surface area contributed by atoms with Gasteiger partial charge in [0.15, 0.2) is 0 Å². The Bertz CT molecular complexity index is 1250. The molecule has 3 aromatic heterocycles. The molecule has 0 atom stereocenters. The molecule has 1 aromatic carbocycles. The summed E-state index contributed by atoms with van der Waals surface area (Å²) in [7, 11) is 0. The van der Waals surface area contributed by atoms with Crippen LogP contribution in [-0.4, -0.2) is 32.1 Å². The Hall–Kier alpha value is -3.54. The lowest BCUT2D eigenvalue weighted by Crippen LogP contribution is -2.24. The van der Waals surface area contributed by atoms with Crippen molar-refractivity contribution in [1.29, 1.82) is 0 Å². The Labute approximate surface area is 174 Å². The minimum Gasteiger partial charge on any atom is -0.478 e. The quantitative estimate of drug-likeness (QED) is 0.486. The number of carboxylic acid groups (broad SMARTS) is 1. The first-order valence-corrected chi connectivity index (χ1v) is 10.3. The van der Waals surface area contributed by atoms with Crippen molar-refractivity contribution in [2.75, 3.05) is 5.32 Å². The molecule has 0 aliphatic heterocycles. The molecule has 1 saturated carbocycles. The lowest BCUT2D eigenvalue weighted by molar-refractivity contribution is 0.0697. The van der Waals surface area contributed by atoms with Crippen LogP contribution in [0.15, 0.2) is 54.9 Å². The van der Waals surface area contributed by atoms with Crippen molar-refractivity contribution in [3.8, 4) is 11.3 Å². The van der Waals surface area contributed by atoms with Crippen molar-refractivity contribution in [3.63, 3.8) is 0 Å². The molecule has 1 aliphatic rings. The van der Waals surface area contributed by atoms with Gasteiger partial charge in [0, 0.05) is 29.4 Å². The summed E-state index contributed by atoms with van der Waals surface area (Å²) in [5.74, 6) is -0.998. The first-order valence-electron chi connectivity index (χ1n) is 10.3. The first-order chi connectivity index (χ1) is 14.7. The van der Waals surface area contributed by atoms with Gasteiger partial charge < -0.3 is 10.4 Å². The summed E-state index contributed by atoms with van der Waals surface area (Å²) in [6.07, 6.45) is 8.86. The van der Waals surface area contributed by atoms with Crippen LogP contribution in [-0.2, 0) is 0 Å². The maximum Gasteiger partial charge on any atom is 0.339 e. The Morgan fingerprint density at radius 3 is 2.60 bits per heavy atom. The molecule has 5 rings (SSSR count). The Kier molecular flexibility index (Phi) is 4.75. The maximum atomic E-state index is 11.9. The average molecular weight is 398 g/mol. The van der Waals surface area contributed by atoms with Crippen LogP contribution in [0.1, 0.15) is 42.5 Å². The molecule has 6 heteroatoms. The smallest absolute Gasteiger partial charge is 0.339 e. The SMILES string of the molecule is O=C(O)c1cnc2ccc(-c3cnc4ccccc4c3)nc2c1NC1CCCCC1. The molecule has 0 spiro atoms. The number of para-hydroxylation sites is 1. The summed E-state index contributed by atoms with van der Waals surface area (Å²) < 4.78 is 0. The molecular weight excluding hydrogens is 376 g/mol. The topological polar surface area (TPSA) is 88.0 Å². The number of hydrogen-bond donors (Lipinski definition) is 2. The molecule has 1 aliphatic carbocycles. The average Bonchev–Trinajstić information content (AvgIpc) is 2.79. The van der Waals surface area contributed by atoms with Gasteiger partial charge in [0.1, 0.15) is 11.1 Å². The first kappa shape index (κ1) is 18.5. The van der Waals surface area contributed by atoms with Crippen LogP contribution in [0.2, 0.25) is 0 Å². The number of pyridine rings is 3. The number of benzene rings is 1. The van der Waals surface area contributed by atoms with Gasteiger partial charge in [-0.3, -0.25) is 9.97 Å². The van der Waals surface area contributed by atoms with Crippen LogP contribution in [0.3, 0.4) is 0 Å². The molecule has 30 heavy (non-hydrogen) atoms. The van der Waals surface area contributed by atoms with Crippen molar-refractivity contribution in [2.24, 2.45) is 0 Å². The number of hydrogen-bond acceptors (Lipinski definition) is 5. The molecule has 2 N–H and O–H groups in total. The second-order valence-corrected chi connectivity index (χ2v) is 7.81. The van der Waals surface area contributed by atoms with Crippen molar-refractivity contribution in [3.05, 3.63) is 60.4 Å². The summed E-state index contributed by atoms with van der Waals surface area (Å²) in [6.45, 7) is 0. The summed E-state index contributed by atoms with van der Waals surface area (Å²) in [5.41, 5.74) is 4.56. The number of carbonyl (C=O) groups is 1. The highest BCUT2D eigenvalue weighted by Crippen LogP contribution is 2.31. The zero-order valence-electron chi connectivity index (χ0n) is 16.5. The van der Waals surface area contributed by atoms with E-state index in [1.54, 1.807) is 6.20 Å². The fourth-order valence-corrected chi connectivity index (χ4v) is 4.20. The normalized spacial score (nSPS) is 14.8. The van der Waals surface area contributed by atoms with E-state index in [0.717, 1.165) is 47.8 Å². The third-order valence-electron chi connectivity index (χ3n) is 5.78. The molecule has 0 saturated heterocycles. The van der Waals surface area contributed by atoms with Gasteiger partial charge in [-0.15, -0.1) is 0 Å². The fourth-order valence-electron chi connectivity index (χ4n) is 4.20. The Morgan fingerprint density at radius 1 is 0.967 bits per heavy atom. The summed E-state index contributed by atoms with van der Waals surface area (Å²) in [5, 5.41) is 14.3. The van der Waals surface area contributed by atoms with Crippen molar-refractivity contribution in [2.45, 2.75) is 38.1 Å². The molecule has 1 fully saturated rings. The highest BCUT2D eigenvalue weighted by atomic mass is 16.4. The second kappa shape index (κ2) is 7.71. The molecule has 0 amide bonds. The number of aromatic carboxylic acids is 1. The van der Waals surface area contributed by atoms with E-state index < -0.39 is 5.97 Å². The number of aromatic nitrogens is 3. The van der Waals surface area contributed by atoms with Gasteiger partial charge in [-0.2, -0.15) is 0 Å². The number of nitrogens with one attached hydrogen (secondary N) is 1. The predicted molar refractivity (Wildman–Crippen MR) is 118 cm³/mol. The van der Waals surface area contributed by atoms with E-state index in [2.05, 4.69) is 21.4 Å². The lowest BCUT2D eigenvalue weighted by Gasteiger charge is -2.25. The van der Waals surface area contributed by atoms with Gasteiger partial charge >= 0.3 is 5.97 Å². The molecule has 6 nitrogen and oxygen atoms in total. The zero-order chi connectivity index (χ0) is 20.5. The monoisotopic (exact) mass is 398 g/mol. The molecule has 0 bridgehead atoms. The molecule has 4 aromatic rings. The lowest BCUT2D eigenvalue weighted by atomic mass is 9.95. The fraction of sp³-hybridized carbons (Fsp3) is 0.250. The highest BCUT2D eigenvalue weighted by Gasteiger charge is 2.21. The highest BCUT2D eigenvalue weighted by molar-refractivity contribution is 6.03. The number of fused-ring (bicyclic) bond motifs is 2. The number of anilines is 1. The van der Waals surface area contributed by atoms with E-state index in [0.29, 0.717) is 16.7 Å². The van der Waals surface area contributed by atoms with Gasteiger partial charge in [0.05, 0.1) is 22.4 Å². The third kappa shape index (κ3) is 3.45. The minimum atomic E-state index is -0.998. The number of rotatable bonds is 4. The minimum absolute atomic E-state index is 0.161. The predicted octanol–water partition coefficient (Wildman–Crippen LogP) is 5.29. The molecule has 3 heterocycles. The van der Waals surface area contributed by atoms with Gasteiger partial charge in [-0.25, -0.2) is 9.78 Å². The summed E-state index contributed by atoms with van der Waals surface area (Å²) >= 11 is 0. The van der Waals surface area contributed by atoms with E-state index >= 15 is 0 Å². The molecule has 0 radical (unpaired) electrons. The van der Waals surface area contributed by atoms with E-state index in [1.807, 2.05) is 36.4 Å². The Balaban J connectivity index is 1.63. The van der Waals surface area contributed by atoms with E-state index in [4.69, 9.17) is 4.98 Å². The number of carboxylic acids is 1. The molecule has 150 valence electrons. The van der Waals surface area contributed by atoms with E-state index in [9.17, 15) is 9.90 Å². The van der Waals surface area contributed by atoms with Crippen molar-refractivity contribution < 1.29 is 9.90 Å². The zero-order valence-corrected chi connectivity index (χ0v) is 16.5. The maximum absolute atomic E-state index is 11.9. The van der Waals surface area contributed by atoms with Crippen molar-refractivity contribution >= 4 is 33.6 Å².